The van der Waals surface area contributed by atoms with Crippen LogP contribution in [-0.4, -0.2) is 31.7 Å². The summed E-state index contributed by atoms with van der Waals surface area (Å²) in [4.78, 5) is 16.6. The summed E-state index contributed by atoms with van der Waals surface area (Å²) in [6, 6.07) is 9.16. The highest BCUT2D eigenvalue weighted by molar-refractivity contribution is 5.92. The number of hydrogen-bond acceptors (Lipinski definition) is 5. The van der Waals surface area contributed by atoms with Gasteiger partial charge in [0.2, 0.25) is 5.91 Å². The summed E-state index contributed by atoms with van der Waals surface area (Å²) in [7, 11) is 3.16. The molecule has 1 heterocycles. The summed E-state index contributed by atoms with van der Waals surface area (Å²) in [6.45, 7) is 5.26. The average Bonchev–Trinajstić information content (AvgIpc) is 2.62. The van der Waals surface area contributed by atoms with E-state index in [9.17, 15) is 4.79 Å². The molecular weight excluding hydrogens is 330 g/mol. The molecule has 6 nitrogen and oxygen atoms in total. The quantitative estimate of drug-likeness (QED) is 0.715. The Hall–Kier alpha value is -2.76. The lowest BCUT2D eigenvalue weighted by Crippen LogP contribution is -2.15. The lowest BCUT2D eigenvalue weighted by molar-refractivity contribution is -0.115. The van der Waals surface area contributed by atoms with Gasteiger partial charge in [-0.1, -0.05) is 19.9 Å². The first-order valence-corrected chi connectivity index (χ1v) is 8.72. The van der Waals surface area contributed by atoms with Gasteiger partial charge in [-0.25, -0.2) is 4.98 Å². The molecule has 0 saturated heterocycles. The van der Waals surface area contributed by atoms with Crippen LogP contribution in [0.1, 0.15) is 25.8 Å². The first kappa shape index (κ1) is 19.6. The molecule has 2 aromatic rings. The highest BCUT2D eigenvalue weighted by atomic mass is 16.5. The first-order chi connectivity index (χ1) is 12.5. The van der Waals surface area contributed by atoms with Crippen molar-refractivity contribution in [3.05, 3.63) is 42.1 Å². The van der Waals surface area contributed by atoms with Gasteiger partial charge in [-0.3, -0.25) is 4.79 Å². The molecule has 0 spiro atoms. The number of rotatable bonds is 9. The minimum Gasteiger partial charge on any atom is -0.493 e. The molecule has 1 aromatic heterocycles. The third-order valence-corrected chi connectivity index (χ3v) is 3.89. The molecule has 0 aliphatic carbocycles. The minimum atomic E-state index is -0.112. The zero-order valence-corrected chi connectivity index (χ0v) is 15.8. The third kappa shape index (κ3) is 5.95. The monoisotopic (exact) mass is 357 g/mol. The molecule has 0 atom stereocenters. The Kier molecular flexibility index (Phi) is 7.26. The second kappa shape index (κ2) is 9.65. The fourth-order valence-corrected chi connectivity index (χ4v) is 2.44. The maximum absolute atomic E-state index is 12.2. The highest BCUT2D eigenvalue weighted by Crippen LogP contribution is 2.27. The van der Waals surface area contributed by atoms with E-state index in [1.54, 1.807) is 32.5 Å². The molecule has 0 aliphatic rings. The van der Waals surface area contributed by atoms with Crippen LogP contribution in [0, 0.1) is 5.92 Å². The summed E-state index contributed by atoms with van der Waals surface area (Å²) in [6.07, 6.45) is 2.99. The number of carbonyl (C=O) groups is 1. The Morgan fingerprint density at radius 1 is 1.12 bits per heavy atom. The lowest BCUT2D eigenvalue weighted by atomic mass is 10.1. The number of carbonyl (C=O) groups excluding carboxylic acids is 1. The Bertz CT molecular complexity index is 715. The Labute approximate surface area is 154 Å². The van der Waals surface area contributed by atoms with Gasteiger partial charge < -0.3 is 20.1 Å². The van der Waals surface area contributed by atoms with Crippen molar-refractivity contribution >= 4 is 17.4 Å². The molecule has 26 heavy (non-hydrogen) atoms. The number of benzene rings is 1. The second-order valence-electron chi connectivity index (χ2n) is 6.46. The first-order valence-electron chi connectivity index (χ1n) is 8.72. The van der Waals surface area contributed by atoms with Gasteiger partial charge >= 0.3 is 0 Å². The maximum Gasteiger partial charge on any atom is 0.228 e. The Morgan fingerprint density at radius 2 is 1.88 bits per heavy atom. The number of methoxy groups -OCH3 is 2. The lowest BCUT2D eigenvalue weighted by Gasteiger charge is -2.10. The molecule has 6 heteroatoms. The molecule has 2 N–H and O–H groups in total. The smallest absolute Gasteiger partial charge is 0.228 e. The minimum absolute atomic E-state index is 0.112. The molecule has 0 radical (unpaired) electrons. The summed E-state index contributed by atoms with van der Waals surface area (Å²) < 4.78 is 10.5. The van der Waals surface area contributed by atoms with Crippen molar-refractivity contribution in [1.29, 1.82) is 0 Å². The van der Waals surface area contributed by atoms with E-state index in [1.165, 1.54) is 0 Å². The zero-order chi connectivity index (χ0) is 18.9. The van der Waals surface area contributed by atoms with Crippen LogP contribution in [-0.2, 0) is 11.2 Å². The number of nitrogens with one attached hydrogen (secondary N) is 2. The third-order valence-electron chi connectivity index (χ3n) is 3.89. The summed E-state index contributed by atoms with van der Waals surface area (Å²) in [5.74, 6) is 2.60. The van der Waals surface area contributed by atoms with Crippen LogP contribution in [0.5, 0.6) is 11.5 Å². The Balaban J connectivity index is 1.89. The fraction of sp³-hybridized carbons (Fsp3) is 0.400. The van der Waals surface area contributed by atoms with Gasteiger partial charge in [-0.05, 0) is 42.2 Å². The van der Waals surface area contributed by atoms with Crippen LogP contribution in [0.3, 0.4) is 0 Å². The van der Waals surface area contributed by atoms with E-state index in [1.807, 2.05) is 18.2 Å². The van der Waals surface area contributed by atoms with E-state index < -0.39 is 0 Å². The standard InChI is InChI=1S/C20H27N3O3/c1-14(2)9-10-21-19-8-6-16(13-22-19)23-20(24)12-15-5-7-17(25-3)18(11-15)26-4/h5-8,11,13-14H,9-10,12H2,1-4H3,(H,21,22)(H,23,24). The SMILES string of the molecule is COc1ccc(CC(=O)Nc2ccc(NCCC(C)C)nc2)cc1OC. The molecule has 1 aromatic carbocycles. The van der Waals surface area contributed by atoms with Crippen LogP contribution in [0.15, 0.2) is 36.5 Å². The van der Waals surface area contributed by atoms with E-state index in [-0.39, 0.29) is 12.3 Å². The molecule has 1 amide bonds. The molecule has 0 saturated carbocycles. The van der Waals surface area contributed by atoms with Crippen molar-refractivity contribution < 1.29 is 14.3 Å². The van der Waals surface area contributed by atoms with Crippen molar-refractivity contribution in [2.75, 3.05) is 31.4 Å². The number of anilines is 2. The predicted octanol–water partition coefficient (Wildman–Crippen LogP) is 3.74. The number of aromatic nitrogens is 1. The molecule has 0 unspecified atom stereocenters. The van der Waals surface area contributed by atoms with Crippen molar-refractivity contribution in [2.45, 2.75) is 26.7 Å². The van der Waals surface area contributed by atoms with Gasteiger partial charge in [0, 0.05) is 6.54 Å². The molecule has 0 fully saturated rings. The maximum atomic E-state index is 12.2. The largest absolute Gasteiger partial charge is 0.493 e. The summed E-state index contributed by atoms with van der Waals surface area (Å²) in [5.41, 5.74) is 1.52. The van der Waals surface area contributed by atoms with Crippen LogP contribution >= 0.6 is 0 Å². The summed E-state index contributed by atoms with van der Waals surface area (Å²) in [5, 5.41) is 6.13. The van der Waals surface area contributed by atoms with E-state index in [0.29, 0.717) is 23.1 Å². The second-order valence-corrected chi connectivity index (χ2v) is 6.46. The van der Waals surface area contributed by atoms with Crippen LogP contribution in [0.2, 0.25) is 0 Å². The normalized spacial score (nSPS) is 10.5. The van der Waals surface area contributed by atoms with Crippen molar-refractivity contribution in [3.63, 3.8) is 0 Å². The van der Waals surface area contributed by atoms with E-state index >= 15 is 0 Å². The topological polar surface area (TPSA) is 72.5 Å². The number of ether oxygens (including phenoxy) is 2. The Morgan fingerprint density at radius 3 is 2.50 bits per heavy atom. The van der Waals surface area contributed by atoms with Gasteiger partial charge in [0.25, 0.3) is 0 Å². The van der Waals surface area contributed by atoms with Crippen molar-refractivity contribution in [3.8, 4) is 11.5 Å². The molecule has 140 valence electrons. The highest BCUT2D eigenvalue weighted by Gasteiger charge is 2.09. The van der Waals surface area contributed by atoms with E-state index in [2.05, 4.69) is 29.5 Å². The van der Waals surface area contributed by atoms with Gasteiger partial charge in [0.15, 0.2) is 11.5 Å². The van der Waals surface area contributed by atoms with E-state index in [0.717, 1.165) is 24.3 Å². The molecule has 0 aliphatic heterocycles. The predicted molar refractivity (Wildman–Crippen MR) is 104 cm³/mol. The molecule has 2 rings (SSSR count). The molecule has 0 bridgehead atoms. The zero-order valence-electron chi connectivity index (χ0n) is 15.8. The van der Waals surface area contributed by atoms with E-state index in [4.69, 9.17) is 9.47 Å². The van der Waals surface area contributed by atoms with Crippen LogP contribution in [0.25, 0.3) is 0 Å². The number of pyridine rings is 1. The number of amides is 1. The van der Waals surface area contributed by atoms with Crippen LogP contribution < -0.4 is 20.1 Å². The van der Waals surface area contributed by atoms with Crippen LogP contribution in [0.4, 0.5) is 11.5 Å². The van der Waals surface area contributed by atoms with Crippen molar-refractivity contribution in [1.82, 2.24) is 4.98 Å². The van der Waals surface area contributed by atoms with Gasteiger partial charge in [-0.15, -0.1) is 0 Å². The van der Waals surface area contributed by atoms with Gasteiger partial charge in [0.1, 0.15) is 5.82 Å². The number of nitrogens with zero attached hydrogens (tertiary/aromatic N) is 1. The fourth-order valence-electron chi connectivity index (χ4n) is 2.44. The summed E-state index contributed by atoms with van der Waals surface area (Å²) >= 11 is 0. The van der Waals surface area contributed by atoms with Crippen molar-refractivity contribution in [2.24, 2.45) is 5.92 Å². The average molecular weight is 357 g/mol. The van der Waals surface area contributed by atoms with Gasteiger partial charge in [0.05, 0.1) is 32.5 Å². The van der Waals surface area contributed by atoms with Gasteiger partial charge in [-0.2, -0.15) is 0 Å². The number of hydrogen-bond donors (Lipinski definition) is 2. The molecular formula is C20H27N3O3.